The average Bonchev–Trinajstić information content (AvgIpc) is 3.54. The number of carbonyl (C=O) groups excluding carboxylic acids is 2. The number of allylic oxidation sites excluding steroid dienone is 2. The van der Waals surface area contributed by atoms with Crippen LogP contribution >= 0.6 is 0 Å². The van der Waals surface area contributed by atoms with Gasteiger partial charge in [-0.2, -0.15) is 0 Å². The van der Waals surface area contributed by atoms with E-state index in [9.17, 15) is 9.59 Å². The summed E-state index contributed by atoms with van der Waals surface area (Å²) in [5.74, 6) is 0.727. The molecule has 34 heavy (non-hydrogen) atoms. The second-order valence-electron chi connectivity index (χ2n) is 8.57. The van der Waals surface area contributed by atoms with Crippen LogP contribution in [-0.4, -0.2) is 51.4 Å². The Morgan fingerprint density at radius 2 is 2.15 bits per heavy atom. The van der Waals surface area contributed by atoms with Crippen molar-refractivity contribution >= 4 is 29.9 Å². The van der Waals surface area contributed by atoms with Gasteiger partial charge in [-0.05, 0) is 31.3 Å². The van der Waals surface area contributed by atoms with Gasteiger partial charge in [-0.1, -0.05) is 17.7 Å². The van der Waals surface area contributed by atoms with E-state index in [0.29, 0.717) is 36.6 Å². The monoisotopic (exact) mass is 455 g/mol. The Balaban J connectivity index is 1.46. The van der Waals surface area contributed by atoms with Crippen LogP contribution in [0.4, 0.5) is 5.69 Å². The van der Waals surface area contributed by atoms with E-state index < -0.39 is 0 Å². The zero-order valence-corrected chi connectivity index (χ0v) is 19.1. The van der Waals surface area contributed by atoms with Crippen molar-refractivity contribution in [3.8, 4) is 11.3 Å². The fourth-order valence-corrected chi connectivity index (χ4v) is 4.52. The van der Waals surface area contributed by atoms with E-state index in [1.807, 2.05) is 48.9 Å². The topological polar surface area (TPSA) is 104 Å². The number of aromatic nitrogens is 3. The van der Waals surface area contributed by atoms with Gasteiger partial charge in [-0.25, -0.2) is 9.98 Å². The van der Waals surface area contributed by atoms with Crippen molar-refractivity contribution in [1.29, 1.82) is 0 Å². The molecule has 0 spiro atoms. The number of rotatable bonds is 6. The number of anilines is 1. The summed E-state index contributed by atoms with van der Waals surface area (Å²) in [6, 6.07) is 3.85. The maximum atomic E-state index is 12.7. The number of aliphatic imine (C=N–C) groups is 1. The number of fused-ring (bicyclic) bond motifs is 2. The number of hydrogen-bond acceptors (Lipinski definition) is 6. The van der Waals surface area contributed by atoms with Gasteiger partial charge in [-0.3, -0.25) is 19.0 Å². The molecule has 172 valence electrons. The molecule has 9 nitrogen and oxygen atoms in total. The second kappa shape index (κ2) is 8.58. The maximum Gasteiger partial charge on any atom is 0.254 e. The molecule has 0 saturated carbocycles. The molecule has 2 aliphatic heterocycles. The average molecular weight is 456 g/mol. The minimum Gasteiger partial charge on any atom is -0.348 e. The summed E-state index contributed by atoms with van der Waals surface area (Å²) < 4.78 is 1.95. The van der Waals surface area contributed by atoms with E-state index >= 15 is 0 Å². The van der Waals surface area contributed by atoms with Crippen LogP contribution in [0.5, 0.6) is 0 Å². The highest BCUT2D eigenvalue weighted by Crippen LogP contribution is 2.35. The zero-order chi connectivity index (χ0) is 23.8. The van der Waals surface area contributed by atoms with Crippen LogP contribution < -0.4 is 10.6 Å². The molecule has 2 aliphatic rings. The van der Waals surface area contributed by atoms with E-state index in [4.69, 9.17) is 0 Å². The lowest BCUT2D eigenvalue weighted by atomic mass is 9.98. The SMILES string of the molecule is C=N/C(=C\C=C(/C)C1CC(=O)N(C)C1)Nc1ccc(-c2cnc3cnccn23)c2c1C(=O)NC2. The van der Waals surface area contributed by atoms with Crippen LogP contribution in [0.2, 0.25) is 0 Å². The first-order valence-electron chi connectivity index (χ1n) is 11.0. The number of nitrogens with one attached hydrogen (secondary N) is 2. The lowest BCUT2D eigenvalue weighted by Gasteiger charge is -2.14. The van der Waals surface area contributed by atoms with Crippen LogP contribution in [0.3, 0.4) is 0 Å². The van der Waals surface area contributed by atoms with Gasteiger partial charge in [0.15, 0.2) is 5.65 Å². The number of hydrogen-bond donors (Lipinski definition) is 2. The standard InChI is InChI=1S/C25H25N7O2/c1-15(16-10-23(33)31(3)14-16)4-7-21(26-2)30-19-6-5-17(18-11-29-25(34)24(18)19)20-12-28-22-13-27-8-9-32(20)22/h4-9,12-13,16,30H,2,10-11,14H2,1,3H3,(H,29,34)/b15-4+,21-7+. The number of imidazole rings is 1. The summed E-state index contributed by atoms with van der Waals surface area (Å²) in [7, 11) is 1.82. The van der Waals surface area contributed by atoms with Crippen molar-refractivity contribution in [2.75, 3.05) is 18.9 Å². The second-order valence-corrected chi connectivity index (χ2v) is 8.57. The Hall–Kier alpha value is -4.27. The number of nitrogens with zero attached hydrogens (tertiary/aromatic N) is 5. The first-order chi connectivity index (χ1) is 16.5. The first-order valence-corrected chi connectivity index (χ1v) is 11.0. The molecule has 1 unspecified atom stereocenters. The first kappa shape index (κ1) is 21.6. The molecule has 3 aromatic rings. The van der Waals surface area contributed by atoms with Crippen molar-refractivity contribution in [2.24, 2.45) is 10.9 Å². The highest BCUT2D eigenvalue weighted by molar-refractivity contribution is 6.05. The highest BCUT2D eigenvalue weighted by Gasteiger charge is 2.28. The van der Waals surface area contributed by atoms with E-state index in [1.54, 1.807) is 23.5 Å². The molecule has 2 aromatic heterocycles. The Kier molecular flexibility index (Phi) is 5.45. The summed E-state index contributed by atoms with van der Waals surface area (Å²) in [5, 5.41) is 6.18. The maximum absolute atomic E-state index is 12.7. The van der Waals surface area contributed by atoms with Crippen LogP contribution in [0.25, 0.3) is 16.9 Å². The quantitative estimate of drug-likeness (QED) is 0.439. The van der Waals surface area contributed by atoms with Gasteiger partial charge >= 0.3 is 0 Å². The summed E-state index contributed by atoms with van der Waals surface area (Å²) in [6.45, 7) is 6.83. The molecule has 9 heteroatoms. The van der Waals surface area contributed by atoms with E-state index in [1.165, 1.54) is 0 Å². The minimum atomic E-state index is -0.141. The van der Waals surface area contributed by atoms with Gasteiger partial charge in [0.1, 0.15) is 5.82 Å². The molecule has 5 rings (SSSR count). The van der Waals surface area contributed by atoms with Crippen LogP contribution in [-0.2, 0) is 11.3 Å². The van der Waals surface area contributed by atoms with Crippen molar-refractivity contribution in [3.05, 3.63) is 71.6 Å². The summed E-state index contributed by atoms with van der Waals surface area (Å²) in [4.78, 5) is 39.0. The molecule has 0 radical (unpaired) electrons. The summed E-state index contributed by atoms with van der Waals surface area (Å²) >= 11 is 0. The zero-order valence-electron chi connectivity index (χ0n) is 19.1. The fourth-order valence-electron chi connectivity index (χ4n) is 4.52. The van der Waals surface area contributed by atoms with Gasteiger partial charge < -0.3 is 15.5 Å². The fraction of sp³-hybridized carbons (Fsp3) is 0.240. The number of benzene rings is 1. The van der Waals surface area contributed by atoms with Crippen LogP contribution in [0, 0.1) is 5.92 Å². The van der Waals surface area contributed by atoms with Crippen molar-refractivity contribution < 1.29 is 9.59 Å². The molecule has 0 bridgehead atoms. The smallest absolute Gasteiger partial charge is 0.254 e. The molecule has 1 aromatic carbocycles. The molecule has 1 atom stereocenters. The number of amides is 2. The molecule has 2 N–H and O–H groups in total. The summed E-state index contributed by atoms with van der Waals surface area (Å²) in [5.41, 5.74) is 5.80. The lowest BCUT2D eigenvalue weighted by molar-refractivity contribution is -0.126. The highest BCUT2D eigenvalue weighted by atomic mass is 16.2. The van der Waals surface area contributed by atoms with E-state index in [0.717, 1.165) is 28.0 Å². The molecular formula is C25H25N7O2. The summed E-state index contributed by atoms with van der Waals surface area (Å²) in [6.07, 6.45) is 11.4. The van der Waals surface area contributed by atoms with Gasteiger partial charge in [-0.15, -0.1) is 0 Å². The van der Waals surface area contributed by atoms with Gasteiger partial charge in [0, 0.05) is 50.4 Å². The van der Waals surface area contributed by atoms with Crippen LogP contribution in [0.1, 0.15) is 29.3 Å². The Morgan fingerprint density at radius 3 is 2.91 bits per heavy atom. The largest absolute Gasteiger partial charge is 0.348 e. The molecular weight excluding hydrogens is 430 g/mol. The van der Waals surface area contributed by atoms with E-state index in [2.05, 4.69) is 32.3 Å². The van der Waals surface area contributed by atoms with E-state index in [-0.39, 0.29) is 17.7 Å². The minimum absolute atomic E-state index is 0.141. The molecule has 4 heterocycles. The van der Waals surface area contributed by atoms with Gasteiger partial charge in [0.25, 0.3) is 5.91 Å². The Labute approximate surface area is 196 Å². The molecule has 1 saturated heterocycles. The van der Waals surface area contributed by atoms with Crippen molar-refractivity contribution in [2.45, 2.75) is 19.9 Å². The molecule has 0 aliphatic carbocycles. The van der Waals surface area contributed by atoms with Gasteiger partial charge in [0.2, 0.25) is 5.91 Å². The number of likely N-dealkylation sites (tertiary alicyclic amines) is 1. The number of carbonyl (C=O) groups is 2. The van der Waals surface area contributed by atoms with Crippen molar-refractivity contribution in [1.82, 2.24) is 24.6 Å². The molecule has 2 amide bonds. The molecule has 1 fully saturated rings. The van der Waals surface area contributed by atoms with Gasteiger partial charge in [0.05, 0.1) is 29.3 Å². The lowest BCUT2D eigenvalue weighted by Crippen LogP contribution is -2.19. The van der Waals surface area contributed by atoms with Crippen LogP contribution in [0.15, 0.2) is 65.5 Å². The third-order valence-corrected chi connectivity index (χ3v) is 6.48. The Morgan fingerprint density at radius 1 is 1.29 bits per heavy atom. The third kappa shape index (κ3) is 3.75. The predicted molar refractivity (Wildman–Crippen MR) is 130 cm³/mol. The normalized spacial score (nSPS) is 18.4. The Bertz CT molecular complexity index is 1390. The predicted octanol–water partition coefficient (Wildman–Crippen LogP) is 3.02. The third-order valence-electron chi connectivity index (χ3n) is 6.48. The van der Waals surface area contributed by atoms with Crippen molar-refractivity contribution in [3.63, 3.8) is 0 Å².